The van der Waals surface area contributed by atoms with Crippen molar-refractivity contribution in [1.82, 2.24) is 0 Å². The lowest BCUT2D eigenvalue weighted by molar-refractivity contribution is 0.111. The van der Waals surface area contributed by atoms with Crippen molar-refractivity contribution in [3.63, 3.8) is 0 Å². The van der Waals surface area contributed by atoms with Gasteiger partial charge in [-0.15, -0.1) is 0 Å². The largest absolute Gasteiger partial charge is 0.298 e. The normalized spacial score (nSPS) is 10.0. The Morgan fingerprint density at radius 3 is 2.33 bits per heavy atom. The van der Waals surface area contributed by atoms with Gasteiger partial charge in [0.05, 0.1) is 9.13 Å². The molecule has 0 N–H and O–H groups in total. The lowest BCUT2D eigenvalue weighted by Gasteiger charge is -2.00. The van der Waals surface area contributed by atoms with E-state index in [1.807, 2.05) is 0 Å². The second-order valence-corrected chi connectivity index (χ2v) is 3.16. The van der Waals surface area contributed by atoms with Crippen molar-refractivity contribution >= 4 is 28.9 Å². The molecule has 0 aliphatic rings. The van der Waals surface area contributed by atoms with Gasteiger partial charge in [-0.2, -0.15) is 0 Å². The highest BCUT2D eigenvalue weighted by Gasteiger charge is 2.16. The van der Waals surface area contributed by atoms with Gasteiger partial charge in [0, 0.05) is 0 Å². The molecule has 0 saturated heterocycles. The molecule has 0 atom stereocenters. The first-order chi connectivity index (χ1) is 5.57. The second-order valence-electron chi connectivity index (χ2n) is 2.00. The molecule has 0 spiro atoms. The average molecular weight is 286 g/mol. The van der Waals surface area contributed by atoms with E-state index in [0.717, 1.165) is 0 Å². The van der Waals surface area contributed by atoms with Crippen molar-refractivity contribution in [3.05, 3.63) is 32.7 Å². The van der Waals surface area contributed by atoms with Gasteiger partial charge in [0.1, 0.15) is 5.82 Å². The van der Waals surface area contributed by atoms with E-state index < -0.39 is 23.0 Å². The molecule has 0 aliphatic carbocycles. The van der Waals surface area contributed by atoms with E-state index in [1.54, 1.807) is 0 Å². The van der Waals surface area contributed by atoms with Crippen LogP contribution in [-0.2, 0) is 0 Å². The fourth-order valence-electron chi connectivity index (χ4n) is 0.695. The van der Waals surface area contributed by atoms with Crippen LogP contribution in [0.2, 0.25) is 0 Å². The fourth-order valence-corrected chi connectivity index (χ4v) is 1.26. The first-order valence-electron chi connectivity index (χ1n) is 2.86. The molecule has 0 aromatic heterocycles. The molecular weight excluding hydrogens is 284 g/mol. The molecule has 12 heavy (non-hydrogen) atoms. The zero-order chi connectivity index (χ0) is 9.30. The van der Waals surface area contributed by atoms with E-state index in [2.05, 4.69) is 0 Å². The van der Waals surface area contributed by atoms with E-state index >= 15 is 0 Å². The zero-order valence-corrected chi connectivity index (χ0v) is 7.73. The van der Waals surface area contributed by atoms with Crippen LogP contribution < -0.4 is 0 Å². The molecule has 0 heterocycles. The zero-order valence-electron chi connectivity index (χ0n) is 5.57. The summed E-state index contributed by atoms with van der Waals surface area (Å²) in [5.41, 5.74) is -0.862. The Labute approximate surface area is 79.7 Å². The topological polar surface area (TPSA) is 17.1 Å². The fraction of sp³-hybridized carbons (Fsp3) is 0. The van der Waals surface area contributed by atoms with Crippen LogP contribution in [0.4, 0.5) is 13.2 Å². The predicted molar refractivity (Wildman–Crippen MR) is 44.4 cm³/mol. The van der Waals surface area contributed by atoms with Gasteiger partial charge in [-0.05, 0) is 28.7 Å². The number of rotatable bonds is 1. The first kappa shape index (κ1) is 9.50. The highest BCUT2D eigenvalue weighted by atomic mass is 127. The van der Waals surface area contributed by atoms with Crippen LogP contribution in [0.1, 0.15) is 10.4 Å². The van der Waals surface area contributed by atoms with Crippen LogP contribution in [0.3, 0.4) is 0 Å². The Morgan fingerprint density at radius 2 is 1.83 bits per heavy atom. The summed E-state index contributed by atoms with van der Waals surface area (Å²) in [4.78, 5) is 10.1. The highest BCUT2D eigenvalue weighted by Crippen LogP contribution is 2.19. The summed E-state index contributed by atoms with van der Waals surface area (Å²) in [7, 11) is 0. The molecule has 5 heteroatoms. The van der Waals surface area contributed by atoms with Gasteiger partial charge >= 0.3 is 0 Å². The Balaban J connectivity index is 3.52. The van der Waals surface area contributed by atoms with Crippen LogP contribution in [-0.4, -0.2) is 6.29 Å². The smallest absolute Gasteiger partial charge is 0.172 e. The summed E-state index contributed by atoms with van der Waals surface area (Å²) in [5.74, 6) is -3.68. The summed E-state index contributed by atoms with van der Waals surface area (Å²) in [6.07, 6.45) is -0.0457. The van der Waals surface area contributed by atoms with Crippen molar-refractivity contribution in [2.75, 3.05) is 0 Å². The third-order valence-electron chi connectivity index (χ3n) is 1.26. The molecule has 0 unspecified atom stereocenters. The van der Waals surface area contributed by atoms with Crippen LogP contribution in [0.25, 0.3) is 0 Å². The minimum atomic E-state index is -1.44. The number of benzene rings is 1. The molecule has 0 saturated carbocycles. The maximum Gasteiger partial charge on any atom is 0.172 e. The average Bonchev–Trinajstić information content (AvgIpc) is 2.02. The van der Waals surface area contributed by atoms with Gasteiger partial charge in [0.15, 0.2) is 17.9 Å². The first-order valence-corrected chi connectivity index (χ1v) is 3.94. The van der Waals surface area contributed by atoms with Crippen LogP contribution in [0, 0.1) is 21.0 Å². The minimum absolute atomic E-state index is 0.0457. The van der Waals surface area contributed by atoms with Crippen molar-refractivity contribution in [1.29, 1.82) is 0 Å². The van der Waals surface area contributed by atoms with Crippen LogP contribution in [0.5, 0.6) is 0 Å². The van der Waals surface area contributed by atoms with Gasteiger partial charge < -0.3 is 0 Å². The summed E-state index contributed by atoms with van der Waals surface area (Å²) >= 11 is 1.48. The molecule has 1 aromatic rings. The van der Waals surface area contributed by atoms with Gasteiger partial charge in [0.25, 0.3) is 0 Å². The van der Waals surface area contributed by atoms with Crippen molar-refractivity contribution < 1.29 is 18.0 Å². The van der Waals surface area contributed by atoms with Gasteiger partial charge in [0.2, 0.25) is 0 Å². The third-order valence-corrected chi connectivity index (χ3v) is 2.05. The van der Waals surface area contributed by atoms with E-state index in [4.69, 9.17) is 0 Å². The standard InChI is InChI=1S/C7H2F3IO/c8-4-1-5(11)7(10)3(2-12)6(4)9/h1-2H. The molecule has 0 aliphatic heterocycles. The quantitative estimate of drug-likeness (QED) is 0.440. The predicted octanol–water partition coefficient (Wildman–Crippen LogP) is 2.52. The van der Waals surface area contributed by atoms with E-state index in [9.17, 15) is 18.0 Å². The number of halogens is 4. The van der Waals surface area contributed by atoms with Gasteiger partial charge in [-0.1, -0.05) is 0 Å². The number of carbonyl (C=O) groups is 1. The molecule has 0 radical (unpaired) electrons. The summed E-state index contributed by atoms with van der Waals surface area (Å²) < 4.78 is 37.8. The van der Waals surface area contributed by atoms with Crippen LogP contribution in [0.15, 0.2) is 6.07 Å². The third kappa shape index (κ3) is 1.45. The Morgan fingerprint density at radius 1 is 1.25 bits per heavy atom. The maximum atomic E-state index is 12.8. The van der Waals surface area contributed by atoms with Gasteiger partial charge in [-0.25, -0.2) is 13.2 Å². The summed E-state index contributed by atoms with van der Waals surface area (Å²) in [5, 5.41) is 0. The molecular formula is C7H2F3IO. The van der Waals surface area contributed by atoms with E-state index in [0.29, 0.717) is 6.07 Å². The number of carbonyl (C=O) groups excluding carboxylic acids is 1. The molecule has 1 aromatic carbocycles. The monoisotopic (exact) mass is 286 g/mol. The second kappa shape index (κ2) is 3.42. The molecule has 1 rings (SSSR count). The lowest BCUT2D eigenvalue weighted by atomic mass is 10.2. The van der Waals surface area contributed by atoms with Gasteiger partial charge in [-0.3, -0.25) is 4.79 Å². The molecule has 64 valence electrons. The van der Waals surface area contributed by atoms with Crippen LogP contribution >= 0.6 is 22.6 Å². The molecule has 0 bridgehead atoms. The van der Waals surface area contributed by atoms with E-state index in [-0.39, 0.29) is 9.86 Å². The Hall–Kier alpha value is -0.590. The highest BCUT2D eigenvalue weighted by molar-refractivity contribution is 14.1. The van der Waals surface area contributed by atoms with Crippen molar-refractivity contribution in [3.8, 4) is 0 Å². The molecule has 0 amide bonds. The maximum absolute atomic E-state index is 12.8. The number of hydrogen-bond donors (Lipinski definition) is 0. The van der Waals surface area contributed by atoms with Crippen molar-refractivity contribution in [2.24, 2.45) is 0 Å². The Kier molecular flexibility index (Phi) is 2.71. The summed E-state index contributed by atoms with van der Waals surface area (Å²) in [6, 6.07) is 0.693. The SMILES string of the molecule is O=Cc1c(F)c(F)cc(I)c1F. The number of hydrogen-bond acceptors (Lipinski definition) is 1. The Bertz CT molecular complexity index is 312. The summed E-state index contributed by atoms with van der Waals surface area (Å²) in [6.45, 7) is 0. The molecule has 0 fully saturated rings. The minimum Gasteiger partial charge on any atom is -0.298 e. The molecule has 1 nitrogen and oxygen atoms in total. The lowest BCUT2D eigenvalue weighted by Crippen LogP contribution is -2.00. The van der Waals surface area contributed by atoms with E-state index in [1.165, 1.54) is 22.6 Å². The number of aldehydes is 1. The van der Waals surface area contributed by atoms with Crippen molar-refractivity contribution in [2.45, 2.75) is 0 Å².